The molecule has 1 heterocycles. The van der Waals surface area contributed by atoms with Gasteiger partial charge in [0.2, 0.25) is 5.91 Å². The molecule has 1 aliphatic heterocycles. The van der Waals surface area contributed by atoms with Crippen molar-refractivity contribution in [2.45, 2.75) is 12.3 Å². The SMILES string of the molecule is O=C(Nc1ccc(Cl)cc1Br)C1CCOc2ccccc21. The number of nitrogens with one attached hydrogen (secondary N) is 1. The van der Waals surface area contributed by atoms with Gasteiger partial charge >= 0.3 is 0 Å². The van der Waals surface area contributed by atoms with Gasteiger partial charge in [0.15, 0.2) is 0 Å². The van der Waals surface area contributed by atoms with Gasteiger partial charge < -0.3 is 10.1 Å². The molecule has 1 aliphatic rings. The molecule has 0 aromatic heterocycles. The first kappa shape index (κ1) is 14.4. The van der Waals surface area contributed by atoms with E-state index in [2.05, 4.69) is 21.2 Å². The van der Waals surface area contributed by atoms with Crippen molar-refractivity contribution in [1.29, 1.82) is 0 Å². The predicted octanol–water partition coefficient (Wildman–Crippen LogP) is 4.61. The van der Waals surface area contributed by atoms with Crippen molar-refractivity contribution < 1.29 is 9.53 Å². The zero-order valence-electron chi connectivity index (χ0n) is 11.1. The summed E-state index contributed by atoms with van der Waals surface area (Å²) in [4.78, 5) is 12.5. The van der Waals surface area contributed by atoms with E-state index in [1.54, 1.807) is 18.2 Å². The molecule has 0 radical (unpaired) electrons. The van der Waals surface area contributed by atoms with Crippen LogP contribution in [-0.2, 0) is 4.79 Å². The first-order valence-corrected chi connectivity index (χ1v) is 7.80. The van der Waals surface area contributed by atoms with E-state index in [1.165, 1.54) is 0 Å². The van der Waals surface area contributed by atoms with Gasteiger partial charge in [0.25, 0.3) is 0 Å². The Kier molecular flexibility index (Phi) is 4.17. The van der Waals surface area contributed by atoms with Gasteiger partial charge in [0, 0.05) is 15.1 Å². The van der Waals surface area contributed by atoms with E-state index in [4.69, 9.17) is 16.3 Å². The zero-order valence-corrected chi connectivity index (χ0v) is 13.4. The molecular formula is C16H13BrClNO2. The second-order valence-electron chi connectivity index (χ2n) is 4.84. The molecule has 0 fully saturated rings. The van der Waals surface area contributed by atoms with E-state index in [0.717, 1.165) is 15.8 Å². The third-order valence-corrected chi connectivity index (χ3v) is 4.36. The number of hydrogen-bond donors (Lipinski definition) is 1. The first-order chi connectivity index (χ1) is 10.1. The normalized spacial score (nSPS) is 16.8. The second-order valence-corrected chi connectivity index (χ2v) is 6.13. The smallest absolute Gasteiger partial charge is 0.232 e. The molecule has 0 saturated heterocycles. The van der Waals surface area contributed by atoms with Crippen LogP contribution in [-0.4, -0.2) is 12.5 Å². The monoisotopic (exact) mass is 365 g/mol. The Hall–Kier alpha value is -1.52. The highest BCUT2D eigenvalue weighted by molar-refractivity contribution is 9.10. The van der Waals surface area contributed by atoms with Crippen molar-refractivity contribution in [3.8, 4) is 5.75 Å². The third-order valence-electron chi connectivity index (χ3n) is 3.46. The predicted molar refractivity (Wildman–Crippen MR) is 87.1 cm³/mol. The number of fused-ring (bicyclic) bond motifs is 1. The zero-order chi connectivity index (χ0) is 14.8. The number of hydrogen-bond acceptors (Lipinski definition) is 2. The highest BCUT2D eigenvalue weighted by atomic mass is 79.9. The van der Waals surface area contributed by atoms with E-state index in [-0.39, 0.29) is 11.8 Å². The molecule has 1 N–H and O–H groups in total. The molecular weight excluding hydrogens is 354 g/mol. The Balaban J connectivity index is 1.83. The van der Waals surface area contributed by atoms with Crippen LogP contribution in [0.2, 0.25) is 5.02 Å². The van der Waals surface area contributed by atoms with E-state index >= 15 is 0 Å². The number of rotatable bonds is 2. The minimum Gasteiger partial charge on any atom is -0.493 e. The molecule has 0 saturated carbocycles. The number of anilines is 1. The fourth-order valence-electron chi connectivity index (χ4n) is 2.43. The van der Waals surface area contributed by atoms with Gasteiger partial charge in [-0.05, 0) is 46.6 Å². The molecule has 21 heavy (non-hydrogen) atoms. The summed E-state index contributed by atoms with van der Waals surface area (Å²) in [6.07, 6.45) is 0.675. The first-order valence-electron chi connectivity index (χ1n) is 6.63. The minimum absolute atomic E-state index is 0.0335. The lowest BCUT2D eigenvalue weighted by atomic mass is 9.92. The van der Waals surface area contributed by atoms with Gasteiger partial charge in [-0.2, -0.15) is 0 Å². The Bertz CT molecular complexity index is 690. The summed E-state index contributed by atoms with van der Waals surface area (Å²) in [6, 6.07) is 13.0. The van der Waals surface area contributed by atoms with E-state index in [1.807, 2.05) is 24.3 Å². The van der Waals surface area contributed by atoms with Gasteiger partial charge in [-0.25, -0.2) is 0 Å². The Morgan fingerprint density at radius 1 is 1.29 bits per heavy atom. The highest BCUT2D eigenvalue weighted by Crippen LogP contribution is 2.35. The minimum atomic E-state index is -0.197. The number of amides is 1. The number of halogens is 2. The molecule has 108 valence electrons. The summed E-state index contributed by atoms with van der Waals surface area (Å²) < 4.78 is 6.35. The fraction of sp³-hybridized carbons (Fsp3) is 0.188. The fourth-order valence-corrected chi connectivity index (χ4v) is 3.21. The van der Waals surface area contributed by atoms with Crippen molar-refractivity contribution in [3.63, 3.8) is 0 Å². The summed E-state index contributed by atoms with van der Waals surface area (Å²) >= 11 is 9.32. The second kappa shape index (κ2) is 6.08. The molecule has 2 aromatic rings. The van der Waals surface area contributed by atoms with Gasteiger partial charge in [0.05, 0.1) is 18.2 Å². The summed E-state index contributed by atoms with van der Waals surface area (Å²) in [5, 5.41) is 3.57. The van der Waals surface area contributed by atoms with E-state index in [9.17, 15) is 4.79 Å². The van der Waals surface area contributed by atoms with Crippen LogP contribution in [0.5, 0.6) is 5.75 Å². The molecule has 1 atom stereocenters. The quantitative estimate of drug-likeness (QED) is 0.843. The van der Waals surface area contributed by atoms with Crippen LogP contribution in [0.3, 0.4) is 0 Å². The molecule has 0 spiro atoms. The van der Waals surface area contributed by atoms with Crippen LogP contribution in [0.15, 0.2) is 46.9 Å². The third kappa shape index (κ3) is 3.06. The Morgan fingerprint density at radius 2 is 2.10 bits per heavy atom. The highest BCUT2D eigenvalue weighted by Gasteiger charge is 2.27. The average Bonchev–Trinajstić information content (AvgIpc) is 2.49. The van der Waals surface area contributed by atoms with Gasteiger partial charge in [-0.15, -0.1) is 0 Å². The van der Waals surface area contributed by atoms with E-state index in [0.29, 0.717) is 23.7 Å². The Labute approximate surface area is 136 Å². The lowest BCUT2D eigenvalue weighted by Crippen LogP contribution is -2.26. The van der Waals surface area contributed by atoms with Crippen molar-refractivity contribution >= 4 is 39.1 Å². The van der Waals surface area contributed by atoms with Crippen LogP contribution < -0.4 is 10.1 Å². The summed E-state index contributed by atoms with van der Waals surface area (Å²) in [5.41, 5.74) is 1.65. The standard InChI is InChI=1S/C16H13BrClNO2/c17-13-9-10(18)5-6-14(13)19-16(20)12-7-8-21-15-4-2-1-3-11(12)15/h1-6,9,12H,7-8H2,(H,19,20). The van der Waals surface area contributed by atoms with Crippen molar-refractivity contribution in [3.05, 3.63) is 57.5 Å². The molecule has 0 bridgehead atoms. The van der Waals surface area contributed by atoms with E-state index < -0.39 is 0 Å². The summed E-state index contributed by atoms with van der Waals surface area (Å²) in [6.45, 7) is 0.552. The lowest BCUT2D eigenvalue weighted by Gasteiger charge is -2.25. The van der Waals surface area contributed by atoms with Crippen molar-refractivity contribution in [1.82, 2.24) is 0 Å². The molecule has 3 nitrogen and oxygen atoms in total. The lowest BCUT2D eigenvalue weighted by molar-refractivity contribution is -0.118. The number of benzene rings is 2. The van der Waals surface area contributed by atoms with Crippen LogP contribution in [0.1, 0.15) is 17.9 Å². The molecule has 3 rings (SSSR count). The molecule has 2 aromatic carbocycles. The van der Waals surface area contributed by atoms with Gasteiger partial charge in [-0.1, -0.05) is 29.8 Å². The van der Waals surface area contributed by atoms with Gasteiger partial charge in [-0.3, -0.25) is 4.79 Å². The van der Waals surface area contributed by atoms with Crippen LogP contribution in [0.25, 0.3) is 0 Å². The number of ether oxygens (including phenoxy) is 1. The number of carbonyl (C=O) groups excluding carboxylic acids is 1. The van der Waals surface area contributed by atoms with Crippen molar-refractivity contribution in [2.75, 3.05) is 11.9 Å². The topological polar surface area (TPSA) is 38.3 Å². The Morgan fingerprint density at radius 3 is 2.90 bits per heavy atom. The molecule has 1 unspecified atom stereocenters. The van der Waals surface area contributed by atoms with Crippen LogP contribution >= 0.6 is 27.5 Å². The maximum absolute atomic E-state index is 12.5. The van der Waals surface area contributed by atoms with Crippen molar-refractivity contribution in [2.24, 2.45) is 0 Å². The number of carbonyl (C=O) groups is 1. The maximum Gasteiger partial charge on any atom is 0.232 e. The largest absolute Gasteiger partial charge is 0.493 e. The molecule has 5 heteroatoms. The number of para-hydroxylation sites is 1. The average molecular weight is 367 g/mol. The summed E-state index contributed by atoms with van der Waals surface area (Å²) in [5.74, 6) is 0.561. The molecule has 0 aliphatic carbocycles. The maximum atomic E-state index is 12.5. The molecule has 1 amide bonds. The van der Waals surface area contributed by atoms with Crippen LogP contribution in [0, 0.1) is 0 Å². The van der Waals surface area contributed by atoms with Crippen LogP contribution in [0.4, 0.5) is 5.69 Å². The van der Waals surface area contributed by atoms with Gasteiger partial charge in [0.1, 0.15) is 5.75 Å². The summed E-state index contributed by atoms with van der Waals surface area (Å²) in [7, 11) is 0.